The number of sulfonamides is 1. The Bertz CT molecular complexity index is 549. The van der Waals surface area contributed by atoms with E-state index in [2.05, 4.69) is 9.71 Å². The van der Waals surface area contributed by atoms with E-state index in [-0.39, 0.29) is 11.6 Å². The fraction of sp³-hybridized carbons (Fsp3) is 0.300. The van der Waals surface area contributed by atoms with Crippen molar-refractivity contribution in [2.45, 2.75) is 12.7 Å². The molecule has 1 aromatic rings. The molecule has 16 heavy (non-hydrogen) atoms. The number of anilines is 1. The van der Waals surface area contributed by atoms with Crippen molar-refractivity contribution in [3.63, 3.8) is 0 Å². The number of rotatable bonds is 2. The minimum atomic E-state index is -3.44. The average Bonchev–Trinajstić information content (AvgIpc) is 2.15. The Hall–Kier alpha value is -1.56. The molecule has 0 radical (unpaired) electrons. The topological polar surface area (TPSA) is 84.5 Å². The molecule has 1 aromatic carbocycles. The van der Waals surface area contributed by atoms with Crippen LogP contribution in [0.5, 0.6) is 0 Å². The summed E-state index contributed by atoms with van der Waals surface area (Å²) >= 11 is 0. The van der Waals surface area contributed by atoms with Crippen molar-refractivity contribution in [2.24, 2.45) is 10.1 Å². The molecule has 86 valence electrons. The molecule has 1 aliphatic heterocycles. The molecule has 0 unspecified atom stereocenters. The predicted molar refractivity (Wildman–Crippen MR) is 64.0 cm³/mol. The van der Waals surface area contributed by atoms with Crippen molar-refractivity contribution >= 4 is 21.5 Å². The van der Waals surface area contributed by atoms with E-state index >= 15 is 0 Å². The van der Waals surface area contributed by atoms with Crippen LogP contribution < -0.4 is 11.1 Å². The van der Waals surface area contributed by atoms with Crippen LogP contribution in [0.15, 0.2) is 22.6 Å². The van der Waals surface area contributed by atoms with E-state index in [1.54, 1.807) is 6.07 Å². The van der Waals surface area contributed by atoms with Crippen LogP contribution >= 0.6 is 0 Å². The first kappa shape index (κ1) is 10.9. The second-order valence-electron chi connectivity index (χ2n) is 3.57. The molecule has 5 nitrogen and oxygen atoms in total. The lowest BCUT2D eigenvalue weighted by molar-refractivity contribution is 0.596. The van der Waals surface area contributed by atoms with Crippen molar-refractivity contribution in [1.82, 2.24) is 0 Å². The van der Waals surface area contributed by atoms with E-state index in [0.29, 0.717) is 11.1 Å². The molecule has 0 spiro atoms. The molecule has 0 aliphatic carbocycles. The van der Waals surface area contributed by atoms with Gasteiger partial charge in [0, 0.05) is 17.8 Å². The van der Waals surface area contributed by atoms with E-state index in [4.69, 9.17) is 5.73 Å². The third-order valence-electron chi connectivity index (χ3n) is 2.35. The predicted octanol–water partition coefficient (Wildman–Crippen LogP) is 0.667. The van der Waals surface area contributed by atoms with E-state index in [1.165, 1.54) is 0 Å². The highest BCUT2D eigenvalue weighted by atomic mass is 32.2. The molecule has 0 saturated carbocycles. The first-order chi connectivity index (χ1) is 7.53. The van der Waals surface area contributed by atoms with Crippen LogP contribution in [-0.2, 0) is 15.8 Å². The third-order valence-corrected chi connectivity index (χ3v) is 3.50. The fourth-order valence-electron chi connectivity index (χ4n) is 1.78. The lowest BCUT2D eigenvalue weighted by atomic mass is 10.1. The van der Waals surface area contributed by atoms with Crippen molar-refractivity contribution in [1.29, 1.82) is 0 Å². The number of amidine groups is 1. The van der Waals surface area contributed by atoms with Gasteiger partial charge >= 0.3 is 0 Å². The van der Waals surface area contributed by atoms with Gasteiger partial charge in [0.1, 0.15) is 5.84 Å². The Morgan fingerprint density at radius 1 is 1.50 bits per heavy atom. The van der Waals surface area contributed by atoms with Crippen LogP contribution in [0.2, 0.25) is 0 Å². The maximum Gasteiger partial charge on any atom is 0.259 e. The molecule has 1 heterocycles. The number of nitrogens with one attached hydrogen (secondary N) is 1. The minimum Gasteiger partial charge on any atom is -0.385 e. The van der Waals surface area contributed by atoms with Crippen molar-refractivity contribution in [3.8, 4) is 0 Å². The summed E-state index contributed by atoms with van der Waals surface area (Å²) in [6, 6.07) is 5.43. The molecule has 3 N–H and O–H groups in total. The summed E-state index contributed by atoms with van der Waals surface area (Å²) in [5, 5.41) is 3.14. The largest absolute Gasteiger partial charge is 0.385 e. The van der Waals surface area contributed by atoms with Gasteiger partial charge in [-0.3, -0.25) is 0 Å². The molecule has 0 aromatic heterocycles. The quantitative estimate of drug-likeness (QED) is 0.794. The lowest BCUT2D eigenvalue weighted by Crippen LogP contribution is -2.25. The van der Waals surface area contributed by atoms with Crippen LogP contribution in [-0.4, -0.2) is 20.8 Å². The summed E-state index contributed by atoms with van der Waals surface area (Å²) < 4.78 is 26.3. The van der Waals surface area contributed by atoms with Gasteiger partial charge in [-0.15, -0.1) is 4.40 Å². The summed E-state index contributed by atoms with van der Waals surface area (Å²) in [6.45, 7) is 2.71. The fourth-order valence-corrected chi connectivity index (χ4v) is 2.87. The lowest BCUT2D eigenvalue weighted by Gasteiger charge is -2.18. The maximum atomic E-state index is 11.4. The van der Waals surface area contributed by atoms with Gasteiger partial charge in [-0.1, -0.05) is 12.1 Å². The standard InChI is InChI=1S/C10H13N3O2S/c1-2-12-8-5-3-4-7-6-16(14,15)13-10(11)9(7)8/h3-5,12H,2,6H2,1H3,(H2,11,13). The monoisotopic (exact) mass is 239 g/mol. The Labute approximate surface area is 94.4 Å². The number of fused-ring (bicyclic) bond motifs is 1. The van der Waals surface area contributed by atoms with E-state index in [9.17, 15) is 8.42 Å². The second-order valence-corrected chi connectivity index (χ2v) is 5.21. The smallest absolute Gasteiger partial charge is 0.259 e. The van der Waals surface area contributed by atoms with Crippen LogP contribution in [0, 0.1) is 0 Å². The Morgan fingerprint density at radius 2 is 2.25 bits per heavy atom. The molecular formula is C10H13N3O2S. The third kappa shape index (κ3) is 1.88. The van der Waals surface area contributed by atoms with E-state index in [0.717, 1.165) is 12.2 Å². The molecule has 6 heteroatoms. The number of hydrogen-bond acceptors (Lipinski definition) is 4. The number of nitrogens with zero attached hydrogens (tertiary/aromatic N) is 1. The first-order valence-electron chi connectivity index (χ1n) is 4.98. The Kier molecular flexibility index (Phi) is 2.59. The number of hydrogen-bond donors (Lipinski definition) is 2. The van der Waals surface area contributed by atoms with Crippen molar-refractivity contribution in [2.75, 3.05) is 11.9 Å². The minimum absolute atomic E-state index is 0.0674. The molecule has 1 aliphatic rings. The second kappa shape index (κ2) is 3.79. The molecule has 0 amide bonds. The van der Waals surface area contributed by atoms with Gasteiger partial charge in [0.05, 0.1) is 5.75 Å². The molecule has 0 atom stereocenters. The zero-order chi connectivity index (χ0) is 11.8. The highest BCUT2D eigenvalue weighted by Crippen LogP contribution is 2.26. The van der Waals surface area contributed by atoms with Crippen molar-refractivity contribution < 1.29 is 8.42 Å². The molecule has 0 saturated heterocycles. The van der Waals surface area contributed by atoms with Gasteiger partial charge < -0.3 is 11.1 Å². The van der Waals surface area contributed by atoms with Gasteiger partial charge in [-0.25, -0.2) is 8.42 Å². The van der Waals surface area contributed by atoms with E-state index in [1.807, 2.05) is 19.1 Å². The molecule has 0 fully saturated rings. The van der Waals surface area contributed by atoms with Gasteiger partial charge in [0.25, 0.3) is 10.0 Å². The zero-order valence-electron chi connectivity index (χ0n) is 8.90. The van der Waals surface area contributed by atoms with Gasteiger partial charge in [0.15, 0.2) is 0 Å². The number of benzene rings is 1. The van der Waals surface area contributed by atoms with Crippen LogP contribution in [0.4, 0.5) is 5.69 Å². The van der Waals surface area contributed by atoms with Crippen LogP contribution in [0.3, 0.4) is 0 Å². The normalized spacial score (nSPS) is 17.4. The summed E-state index contributed by atoms with van der Waals surface area (Å²) in [5.41, 5.74) is 7.92. The number of nitrogens with two attached hydrogens (primary N) is 1. The SMILES string of the molecule is CCNc1cccc2c1C(N)=NS(=O)(=O)C2. The van der Waals surface area contributed by atoms with E-state index < -0.39 is 10.0 Å². The van der Waals surface area contributed by atoms with Gasteiger partial charge in [-0.05, 0) is 18.6 Å². The summed E-state index contributed by atoms with van der Waals surface area (Å²) in [5.74, 6) is -0.0137. The Balaban J connectivity index is 2.60. The zero-order valence-corrected chi connectivity index (χ0v) is 9.71. The summed E-state index contributed by atoms with van der Waals surface area (Å²) in [4.78, 5) is 0. The van der Waals surface area contributed by atoms with Crippen molar-refractivity contribution in [3.05, 3.63) is 29.3 Å². The molecule has 2 rings (SSSR count). The Morgan fingerprint density at radius 3 is 2.94 bits per heavy atom. The highest BCUT2D eigenvalue weighted by Gasteiger charge is 2.23. The van der Waals surface area contributed by atoms with Gasteiger partial charge in [-0.2, -0.15) is 0 Å². The van der Waals surface area contributed by atoms with Gasteiger partial charge in [0.2, 0.25) is 0 Å². The van der Waals surface area contributed by atoms with Crippen LogP contribution in [0.1, 0.15) is 18.1 Å². The average molecular weight is 239 g/mol. The van der Waals surface area contributed by atoms with Crippen LogP contribution in [0.25, 0.3) is 0 Å². The molecule has 0 bridgehead atoms. The highest BCUT2D eigenvalue weighted by molar-refractivity contribution is 7.89. The maximum absolute atomic E-state index is 11.4. The first-order valence-corrected chi connectivity index (χ1v) is 6.58. The summed E-state index contributed by atoms with van der Waals surface area (Å²) in [6.07, 6.45) is 0. The summed E-state index contributed by atoms with van der Waals surface area (Å²) in [7, 11) is -3.44. The molecular weight excluding hydrogens is 226 g/mol.